The Morgan fingerprint density at radius 1 is 1.30 bits per heavy atom. The van der Waals surface area contributed by atoms with Gasteiger partial charge in [-0.1, -0.05) is 59.6 Å². The summed E-state index contributed by atoms with van der Waals surface area (Å²) in [6.07, 6.45) is 2.39. The van der Waals surface area contributed by atoms with Gasteiger partial charge < -0.3 is 20.6 Å². The van der Waals surface area contributed by atoms with E-state index in [4.69, 9.17) is 0 Å². The fourth-order valence-corrected chi connectivity index (χ4v) is 9.63. The van der Waals surface area contributed by atoms with Crippen molar-refractivity contribution in [2.75, 3.05) is 13.7 Å². The lowest BCUT2D eigenvalue weighted by atomic mass is 9.70. The molecule has 3 amide bonds. The van der Waals surface area contributed by atoms with Gasteiger partial charge in [-0.15, -0.1) is 11.8 Å². The van der Waals surface area contributed by atoms with Gasteiger partial charge in [0.05, 0.1) is 29.2 Å². The number of likely N-dealkylation sites (tertiary alicyclic amines) is 1. The van der Waals surface area contributed by atoms with Gasteiger partial charge >= 0.3 is 0 Å². The van der Waals surface area contributed by atoms with Crippen LogP contribution in [-0.2, 0) is 14.4 Å². The quantitative estimate of drug-likeness (QED) is 0.441. The molecule has 3 saturated heterocycles. The molecule has 3 N–H and O–H groups in total. The van der Waals surface area contributed by atoms with Gasteiger partial charge in [-0.2, -0.15) is 0 Å². The molecule has 1 aromatic rings. The number of nitrogens with zero attached hydrogens (tertiary/aromatic N) is 1. The SMILES string of the molecule is CCCC(C)NC(=O)C1N([C@H](CO)c2ccccc2)C(=O)[C@@H]2[C@H](C(=O)NC)[C@H]3SC12CC3Br. The third kappa shape index (κ3) is 3.90. The number of hydrogen-bond donors (Lipinski definition) is 3. The van der Waals surface area contributed by atoms with Crippen LogP contribution in [0.2, 0.25) is 0 Å². The lowest BCUT2D eigenvalue weighted by molar-refractivity contribution is -0.143. The normalized spacial score (nSPS) is 34.2. The second-order valence-corrected chi connectivity index (χ2v) is 12.0. The summed E-state index contributed by atoms with van der Waals surface area (Å²) in [5.74, 6) is -1.71. The molecule has 3 aliphatic heterocycles. The van der Waals surface area contributed by atoms with Crippen LogP contribution in [0.5, 0.6) is 0 Å². The maximum Gasteiger partial charge on any atom is 0.244 e. The number of amides is 3. The molecule has 0 saturated carbocycles. The predicted molar refractivity (Wildman–Crippen MR) is 132 cm³/mol. The van der Waals surface area contributed by atoms with E-state index in [0.717, 1.165) is 18.4 Å². The molecular weight excluding hydrogens is 506 g/mol. The van der Waals surface area contributed by atoms with Crippen LogP contribution in [0.15, 0.2) is 30.3 Å². The summed E-state index contributed by atoms with van der Waals surface area (Å²) in [5, 5.41) is 16.2. The zero-order valence-electron chi connectivity index (χ0n) is 19.2. The fraction of sp³-hybridized carbons (Fsp3) is 0.625. The van der Waals surface area contributed by atoms with Gasteiger partial charge in [0.25, 0.3) is 0 Å². The zero-order chi connectivity index (χ0) is 23.9. The minimum Gasteiger partial charge on any atom is -0.394 e. The average Bonchev–Trinajstić information content (AvgIpc) is 3.38. The maximum atomic E-state index is 14.0. The number of halogens is 1. The Hall–Kier alpha value is -1.58. The molecule has 4 rings (SSSR count). The Bertz CT molecular complexity index is 918. The molecule has 4 unspecified atom stereocenters. The van der Waals surface area contributed by atoms with Crippen molar-refractivity contribution < 1.29 is 19.5 Å². The third-order valence-corrected chi connectivity index (χ3v) is 10.5. The fourth-order valence-electron chi connectivity index (χ4n) is 6.03. The zero-order valence-corrected chi connectivity index (χ0v) is 21.6. The van der Waals surface area contributed by atoms with E-state index in [1.54, 1.807) is 23.7 Å². The summed E-state index contributed by atoms with van der Waals surface area (Å²) in [7, 11) is 1.59. The number of fused-ring (bicyclic) bond motifs is 1. The average molecular weight is 539 g/mol. The second-order valence-electron chi connectivity index (χ2n) is 9.33. The maximum absolute atomic E-state index is 14.0. The van der Waals surface area contributed by atoms with Gasteiger partial charge in [-0.3, -0.25) is 14.4 Å². The molecule has 3 heterocycles. The van der Waals surface area contributed by atoms with E-state index in [0.29, 0.717) is 6.42 Å². The highest BCUT2D eigenvalue weighted by atomic mass is 79.9. The lowest BCUT2D eigenvalue weighted by Gasteiger charge is -2.38. The van der Waals surface area contributed by atoms with Crippen molar-refractivity contribution >= 4 is 45.4 Å². The summed E-state index contributed by atoms with van der Waals surface area (Å²) < 4.78 is -0.717. The number of rotatable bonds is 8. The minimum atomic E-state index is -0.767. The van der Waals surface area contributed by atoms with E-state index in [1.807, 2.05) is 37.3 Å². The van der Waals surface area contributed by atoms with Crippen LogP contribution in [0.25, 0.3) is 0 Å². The number of alkyl halides is 1. The van der Waals surface area contributed by atoms with Crippen LogP contribution in [0.3, 0.4) is 0 Å². The Balaban J connectivity index is 1.80. The van der Waals surface area contributed by atoms with Gasteiger partial charge in [0, 0.05) is 23.2 Å². The van der Waals surface area contributed by atoms with Gasteiger partial charge in [0.2, 0.25) is 17.7 Å². The predicted octanol–water partition coefficient (Wildman–Crippen LogP) is 2.24. The summed E-state index contributed by atoms with van der Waals surface area (Å²) in [6.45, 7) is 3.74. The van der Waals surface area contributed by atoms with Crippen LogP contribution in [0.1, 0.15) is 44.7 Å². The first kappa shape index (κ1) is 24.5. The van der Waals surface area contributed by atoms with Gasteiger partial charge in [0.1, 0.15) is 6.04 Å². The number of aliphatic hydroxyl groups excluding tert-OH is 1. The second kappa shape index (κ2) is 9.58. The van der Waals surface area contributed by atoms with Crippen molar-refractivity contribution in [1.82, 2.24) is 15.5 Å². The standard InChI is InChI=1S/C24H32BrN3O4S/c1-4-8-13(2)27-22(31)20-24-11-15(25)19(33-24)17(21(30)26-3)18(24)23(32)28(20)16(12-29)14-9-6-5-7-10-14/h5-7,9-10,13,15-20,29H,4,8,11-12H2,1-3H3,(H,26,30)(H,27,31)/t13?,15?,16-,17+,18+,19+,20?,24?/m1/s1. The van der Waals surface area contributed by atoms with Crippen molar-refractivity contribution in [1.29, 1.82) is 0 Å². The number of carbonyl (C=O) groups excluding carboxylic acids is 3. The first-order valence-corrected chi connectivity index (χ1v) is 13.4. The third-order valence-electron chi connectivity index (χ3n) is 7.33. The summed E-state index contributed by atoms with van der Waals surface area (Å²) in [6, 6.07) is 7.87. The number of carbonyl (C=O) groups is 3. The van der Waals surface area contributed by atoms with E-state index in [1.165, 1.54) is 0 Å². The Labute approximate surface area is 207 Å². The summed E-state index contributed by atoms with van der Waals surface area (Å²) in [5.41, 5.74) is 0.774. The van der Waals surface area contributed by atoms with Crippen LogP contribution >= 0.6 is 27.7 Å². The van der Waals surface area contributed by atoms with Gasteiger partial charge in [-0.25, -0.2) is 0 Å². The number of thioether (sulfide) groups is 1. The topological polar surface area (TPSA) is 98.7 Å². The van der Waals surface area contributed by atoms with Crippen molar-refractivity contribution in [2.45, 2.75) is 66.1 Å². The summed E-state index contributed by atoms with van der Waals surface area (Å²) in [4.78, 5) is 42.4. The molecule has 1 aromatic carbocycles. The number of nitrogens with one attached hydrogen (secondary N) is 2. The first-order chi connectivity index (χ1) is 15.8. The molecule has 0 aliphatic carbocycles. The molecule has 1 spiro atoms. The van der Waals surface area contributed by atoms with Crippen molar-refractivity contribution in [2.24, 2.45) is 11.8 Å². The van der Waals surface area contributed by atoms with Gasteiger partial charge in [0.15, 0.2) is 0 Å². The van der Waals surface area contributed by atoms with Crippen molar-refractivity contribution in [3.63, 3.8) is 0 Å². The van der Waals surface area contributed by atoms with E-state index in [2.05, 4.69) is 33.5 Å². The molecule has 0 radical (unpaired) electrons. The van der Waals surface area contributed by atoms with Gasteiger partial charge in [-0.05, 0) is 25.3 Å². The Morgan fingerprint density at radius 3 is 2.61 bits per heavy atom. The van der Waals surface area contributed by atoms with Crippen LogP contribution in [-0.4, -0.2) is 68.3 Å². The van der Waals surface area contributed by atoms with E-state index in [-0.39, 0.29) is 40.4 Å². The molecule has 180 valence electrons. The molecule has 3 aliphatic rings. The highest BCUT2D eigenvalue weighted by Gasteiger charge is 2.76. The largest absolute Gasteiger partial charge is 0.394 e. The minimum absolute atomic E-state index is 0.0291. The number of benzene rings is 1. The lowest BCUT2D eigenvalue weighted by Crippen LogP contribution is -2.56. The summed E-state index contributed by atoms with van der Waals surface area (Å²) >= 11 is 5.35. The van der Waals surface area contributed by atoms with Crippen LogP contribution in [0, 0.1) is 11.8 Å². The smallest absolute Gasteiger partial charge is 0.244 e. The molecule has 7 nitrogen and oxygen atoms in total. The van der Waals surface area contributed by atoms with Crippen molar-refractivity contribution in [3.05, 3.63) is 35.9 Å². The van der Waals surface area contributed by atoms with E-state index in [9.17, 15) is 19.5 Å². The number of hydrogen-bond acceptors (Lipinski definition) is 5. The first-order valence-electron chi connectivity index (χ1n) is 11.6. The molecule has 9 heteroatoms. The monoisotopic (exact) mass is 537 g/mol. The van der Waals surface area contributed by atoms with Crippen LogP contribution < -0.4 is 10.6 Å². The number of aliphatic hydroxyl groups is 1. The molecule has 8 atom stereocenters. The molecule has 33 heavy (non-hydrogen) atoms. The Morgan fingerprint density at radius 2 is 2.00 bits per heavy atom. The highest BCUT2D eigenvalue weighted by Crippen LogP contribution is 2.68. The molecular formula is C24H32BrN3O4S. The molecule has 3 fully saturated rings. The van der Waals surface area contributed by atoms with Crippen LogP contribution in [0.4, 0.5) is 0 Å². The molecule has 0 aromatic heterocycles. The van der Waals surface area contributed by atoms with E-state index >= 15 is 0 Å². The highest BCUT2D eigenvalue weighted by molar-refractivity contribution is 9.09. The van der Waals surface area contributed by atoms with Crippen molar-refractivity contribution in [3.8, 4) is 0 Å². The molecule has 2 bridgehead atoms. The van der Waals surface area contributed by atoms with E-state index < -0.39 is 28.7 Å². The Kier molecular flexibility index (Phi) is 7.13.